The van der Waals surface area contributed by atoms with Crippen LogP contribution in [-0.4, -0.2) is 19.4 Å². The summed E-state index contributed by atoms with van der Waals surface area (Å²) in [4.78, 5) is 13.0. The molecule has 33 heavy (non-hydrogen) atoms. The van der Waals surface area contributed by atoms with E-state index in [1.54, 1.807) is 42.6 Å². The van der Waals surface area contributed by atoms with Crippen LogP contribution >= 0.6 is 23.2 Å². The van der Waals surface area contributed by atoms with Crippen LogP contribution in [-0.2, 0) is 13.0 Å². The van der Waals surface area contributed by atoms with Gasteiger partial charge in [-0.1, -0.05) is 59.6 Å². The van der Waals surface area contributed by atoms with E-state index in [9.17, 15) is 9.18 Å². The summed E-state index contributed by atoms with van der Waals surface area (Å²) in [5.41, 5.74) is 4.34. The van der Waals surface area contributed by atoms with E-state index in [1.165, 1.54) is 21.3 Å². The Labute approximate surface area is 198 Å². The van der Waals surface area contributed by atoms with Gasteiger partial charge in [-0.3, -0.25) is 0 Å². The molecule has 0 aliphatic carbocycles. The van der Waals surface area contributed by atoms with Gasteiger partial charge in [-0.05, 0) is 59.5 Å². The first-order chi connectivity index (χ1) is 16.0. The Hall–Kier alpha value is -3.48. The number of hydrogen-bond donors (Lipinski definition) is 0. The highest BCUT2D eigenvalue weighted by Gasteiger charge is 2.18. The first kappa shape index (κ1) is 21.4. The van der Waals surface area contributed by atoms with Gasteiger partial charge in [0.2, 0.25) is 0 Å². The predicted octanol–water partition coefficient (Wildman–Crippen LogP) is 5.91. The second-order valence-corrected chi connectivity index (χ2v) is 8.44. The van der Waals surface area contributed by atoms with E-state index in [2.05, 4.69) is 10.2 Å². The molecule has 0 unspecified atom stereocenters. The second-order valence-electron chi connectivity index (χ2n) is 7.56. The summed E-state index contributed by atoms with van der Waals surface area (Å²) in [6, 6.07) is 21.0. The molecular weight excluding hydrogens is 462 g/mol. The zero-order valence-corrected chi connectivity index (χ0v) is 18.8. The summed E-state index contributed by atoms with van der Waals surface area (Å²) in [6.07, 6.45) is 2.19. The zero-order chi connectivity index (χ0) is 22.9. The van der Waals surface area contributed by atoms with Gasteiger partial charge in [0, 0.05) is 21.2 Å². The van der Waals surface area contributed by atoms with Crippen molar-refractivity contribution < 1.29 is 4.39 Å². The average Bonchev–Trinajstić information content (AvgIpc) is 3.15. The number of benzene rings is 3. The smallest absolute Gasteiger partial charge is 0.244 e. The molecule has 0 fully saturated rings. The first-order valence-corrected chi connectivity index (χ1v) is 11.0. The number of fused-ring (bicyclic) bond motifs is 1. The molecule has 5 nitrogen and oxygen atoms in total. The van der Waals surface area contributed by atoms with E-state index in [0.717, 1.165) is 27.8 Å². The molecule has 0 atom stereocenters. The molecule has 0 aliphatic heterocycles. The normalized spacial score (nSPS) is 11.2. The van der Waals surface area contributed by atoms with E-state index in [0.29, 0.717) is 28.7 Å². The van der Waals surface area contributed by atoms with Gasteiger partial charge in [-0.25, -0.2) is 13.9 Å². The van der Waals surface area contributed by atoms with Crippen LogP contribution in [0.15, 0.2) is 83.8 Å². The molecule has 0 N–H and O–H groups in total. The lowest BCUT2D eigenvalue weighted by molar-refractivity contribution is 0.586. The molecule has 0 saturated carbocycles. The van der Waals surface area contributed by atoms with Crippen molar-refractivity contribution in [2.45, 2.75) is 13.0 Å². The number of hydrogen-bond acceptors (Lipinski definition) is 3. The van der Waals surface area contributed by atoms with Gasteiger partial charge in [0.05, 0.1) is 12.7 Å². The molecule has 2 aromatic heterocycles. The fraction of sp³-hybridized carbons (Fsp3) is 0.0800. The minimum Gasteiger partial charge on any atom is -0.244 e. The second kappa shape index (κ2) is 8.81. The summed E-state index contributed by atoms with van der Waals surface area (Å²) in [7, 11) is 0. The average molecular weight is 479 g/mol. The van der Waals surface area contributed by atoms with Crippen LogP contribution in [0.3, 0.4) is 0 Å². The molecule has 5 aromatic rings. The van der Waals surface area contributed by atoms with Crippen molar-refractivity contribution in [3.05, 3.63) is 111 Å². The quantitative estimate of drug-likeness (QED) is 0.315. The van der Waals surface area contributed by atoms with E-state index < -0.39 is 0 Å². The van der Waals surface area contributed by atoms with Crippen LogP contribution in [0.2, 0.25) is 10.0 Å². The van der Waals surface area contributed by atoms with Crippen molar-refractivity contribution in [2.24, 2.45) is 0 Å². The van der Waals surface area contributed by atoms with Crippen molar-refractivity contribution in [1.29, 1.82) is 0 Å². The molecule has 0 amide bonds. The molecule has 164 valence electrons. The molecule has 0 spiro atoms. The third-order valence-electron chi connectivity index (χ3n) is 5.43. The number of halogens is 3. The van der Waals surface area contributed by atoms with Gasteiger partial charge in [0.15, 0.2) is 5.65 Å². The van der Waals surface area contributed by atoms with Crippen LogP contribution < -0.4 is 5.69 Å². The lowest BCUT2D eigenvalue weighted by Crippen LogP contribution is -2.23. The Morgan fingerprint density at radius 1 is 0.818 bits per heavy atom. The highest BCUT2D eigenvalue weighted by atomic mass is 35.5. The zero-order valence-electron chi connectivity index (χ0n) is 17.3. The van der Waals surface area contributed by atoms with Gasteiger partial charge < -0.3 is 0 Å². The Morgan fingerprint density at radius 2 is 1.42 bits per heavy atom. The van der Waals surface area contributed by atoms with Gasteiger partial charge >= 0.3 is 5.69 Å². The highest BCUT2D eigenvalue weighted by molar-refractivity contribution is 6.31. The molecule has 0 saturated heterocycles. The molecule has 2 heterocycles. The third-order valence-corrected chi connectivity index (χ3v) is 5.93. The lowest BCUT2D eigenvalue weighted by Gasteiger charge is -2.11. The standard InChI is InChI=1S/C25H17Cl2FN4O/c26-19-7-3-17(4-8-19)22-15-29-32-24(23(22)18-5-9-20(27)10-6-18)30-31(25(32)33)14-13-16-1-11-21(28)12-2-16/h1-12,15H,13-14H2. The Kier molecular flexibility index (Phi) is 5.70. The van der Waals surface area contributed by atoms with Crippen molar-refractivity contribution in [3.8, 4) is 22.3 Å². The monoisotopic (exact) mass is 478 g/mol. The fourth-order valence-electron chi connectivity index (χ4n) is 3.74. The molecule has 0 radical (unpaired) electrons. The summed E-state index contributed by atoms with van der Waals surface area (Å²) in [6.45, 7) is 0.337. The summed E-state index contributed by atoms with van der Waals surface area (Å²) in [5.74, 6) is -0.296. The van der Waals surface area contributed by atoms with Gasteiger partial charge in [0.25, 0.3) is 0 Å². The van der Waals surface area contributed by atoms with Crippen molar-refractivity contribution in [2.75, 3.05) is 0 Å². The van der Waals surface area contributed by atoms with Crippen LogP contribution in [0.1, 0.15) is 5.56 Å². The topological polar surface area (TPSA) is 52.2 Å². The molecular formula is C25H17Cl2FN4O. The number of aryl methyl sites for hydroxylation is 2. The molecule has 5 rings (SSSR count). The number of rotatable bonds is 5. The summed E-state index contributed by atoms with van der Waals surface area (Å²) < 4.78 is 15.9. The minimum absolute atomic E-state index is 0.296. The maximum absolute atomic E-state index is 13.2. The predicted molar refractivity (Wildman–Crippen MR) is 128 cm³/mol. The highest BCUT2D eigenvalue weighted by Crippen LogP contribution is 2.34. The molecule has 0 bridgehead atoms. The van der Waals surface area contributed by atoms with Crippen LogP contribution in [0.4, 0.5) is 4.39 Å². The Bertz CT molecular complexity index is 1490. The number of aromatic nitrogens is 4. The van der Waals surface area contributed by atoms with Crippen molar-refractivity contribution >= 4 is 28.8 Å². The largest absolute Gasteiger partial charge is 0.367 e. The maximum Gasteiger partial charge on any atom is 0.367 e. The van der Waals surface area contributed by atoms with Gasteiger partial charge in [-0.15, -0.1) is 5.10 Å². The minimum atomic E-state index is -0.343. The van der Waals surface area contributed by atoms with Crippen LogP contribution in [0, 0.1) is 5.82 Å². The van der Waals surface area contributed by atoms with Crippen LogP contribution in [0.25, 0.3) is 27.9 Å². The molecule has 0 aliphatic rings. The fourth-order valence-corrected chi connectivity index (χ4v) is 3.99. The third kappa shape index (κ3) is 4.27. The van der Waals surface area contributed by atoms with E-state index in [4.69, 9.17) is 23.2 Å². The van der Waals surface area contributed by atoms with Crippen LogP contribution in [0.5, 0.6) is 0 Å². The Balaban J connectivity index is 1.64. The lowest BCUT2D eigenvalue weighted by atomic mass is 9.97. The number of nitrogens with zero attached hydrogens (tertiary/aromatic N) is 4. The van der Waals surface area contributed by atoms with Gasteiger partial charge in [-0.2, -0.15) is 9.61 Å². The summed E-state index contributed by atoms with van der Waals surface area (Å²) in [5, 5.41) is 10.2. The summed E-state index contributed by atoms with van der Waals surface area (Å²) >= 11 is 12.2. The Morgan fingerprint density at radius 3 is 2.06 bits per heavy atom. The molecule has 8 heteroatoms. The maximum atomic E-state index is 13.2. The SMILES string of the molecule is O=c1n(CCc2ccc(F)cc2)nc2c(-c3ccc(Cl)cc3)c(-c3ccc(Cl)cc3)cnn12. The first-order valence-electron chi connectivity index (χ1n) is 10.2. The van der Waals surface area contributed by atoms with E-state index in [1.807, 2.05) is 24.3 Å². The van der Waals surface area contributed by atoms with Crippen molar-refractivity contribution in [3.63, 3.8) is 0 Å². The van der Waals surface area contributed by atoms with E-state index in [-0.39, 0.29) is 11.5 Å². The van der Waals surface area contributed by atoms with Gasteiger partial charge in [0.1, 0.15) is 5.82 Å². The van der Waals surface area contributed by atoms with E-state index >= 15 is 0 Å². The van der Waals surface area contributed by atoms with Crippen molar-refractivity contribution in [1.82, 2.24) is 19.4 Å². The molecule has 3 aromatic carbocycles.